The average Bonchev–Trinajstić information content (AvgIpc) is 2.65. The van der Waals surface area contributed by atoms with Crippen LogP contribution in [0.3, 0.4) is 0 Å². The van der Waals surface area contributed by atoms with E-state index in [1.807, 2.05) is 26.0 Å². The molecule has 0 unspecified atom stereocenters. The SMILES string of the molecule is Cc1cc(C)cc(-c2cc(N=C=O)no2)c1. The third-order valence-corrected chi connectivity index (χ3v) is 2.16. The monoisotopic (exact) mass is 214 g/mol. The van der Waals surface area contributed by atoms with Crippen molar-refractivity contribution >= 4 is 11.9 Å². The smallest absolute Gasteiger partial charge is 0.242 e. The molecule has 4 heteroatoms. The molecule has 4 nitrogen and oxygen atoms in total. The Kier molecular flexibility index (Phi) is 2.66. The summed E-state index contributed by atoms with van der Waals surface area (Å²) in [7, 11) is 0. The Morgan fingerprint density at radius 1 is 1.19 bits per heavy atom. The van der Waals surface area contributed by atoms with Crippen molar-refractivity contribution in [2.75, 3.05) is 0 Å². The number of aryl methyl sites for hydroxylation is 2. The van der Waals surface area contributed by atoms with Crippen molar-refractivity contribution in [2.45, 2.75) is 13.8 Å². The summed E-state index contributed by atoms with van der Waals surface area (Å²) < 4.78 is 5.09. The number of hydrogen-bond acceptors (Lipinski definition) is 4. The van der Waals surface area contributed by atoms with Crippen molar-refractivity contribution in [2.24, 2.45) is 4.99 Å². The van der Waals surface area contributed by atoms with Crippen LogP contribution in [0.5, 0.6) is 0 Å². The van der Waals surface area contributed by atoms with Crippen LogP contribution in [0.2, 0.25) is 0 Å². The van der Waals surface area contributed by atoms with Gasteiger partial charge >= 0.3 is 0 Å². The molecule has 1 aromatic carbocycles. The maximum atomic E-state index is 10.1. The molecule has 16 heavy (non-hydrogen) atoms. The summed E-state index contributed by atoms with van der Waals surface area (Å²) >= 11 is 0. The highest BCUT2D eigenvalue weighted by molar-refractivity contribution is 5.62. The van der Waals surface area contributed by atoms with Gasteiger partial charge in [-0.05, 0) is 26.0 Å². The minimum absolute atomic E-state index is 0.240. The summed E-state index contributed by atoms with van der Waals surface area (Å²) in [6.45, 7) is 4.02. The first-order valence-electron chi connectivity index (χ1n) is 4.82. The van der Waals surface area contributed by atoms with E-state index in [2.05, 4.69) is 16.2 Å². The third kappa shape index (κ3) is 2.07. The van der Waals surface area contributed by atoms with Crippen molar-refractivity contribution in [3.05, 3.63) is 35.4 Å². The first-order chi connectivity index (χ1) is 7.69. The Morgan fingerprint density at radius 2 is 1.88 bits per heavy atom. The lowest BCUT2D eigenvalue weighted by Gasteiger charge is -2.00. The Balaban J connectivity index is 2.45. The van der Waals surface area contributed by atoms with Gasteiger partial charge in [0.1, 0.15) is 0 Å². The Labute approximate surface area is 92.6 Å². The van der Waals surface area contributed by atoms with E-state index in [9.17, 15) is 4.79 Å². The summed E-state index contributed by atoms with van der Waals surface area (Å²) in [5.41, 5.74) is 3.22. The molecule has 0 saturated heterocycles. The second-order valence-electron chi connectivity index (χ2n) is 3.63. The van der Waals surface area contributed by atoms with Crippen LogP contribution in [0.4, 0.5) is 5.82 Å². The van der Waals surface area contributed by atoms with Crippen LogP contribution < -0.4 is 0 Å². The second-order valence-corrected chi connectivity index (χ2v) is 3.63. The summed E-state index contributed by atoms with van der Waals surface area (Å²) in [6, 6.07) is 7.66. The van der Waals surface area contributed by atoms with Gasteiger partial charge in [-0.15, -0.1) is 4.99 Å². The fourth-order valence-electron chi connectivity index (χ4n) is 1.62. The maximum Gasteiger partial charge on any atom is 0.242 e. The van der Waals surface area contributed by atoms with Crippen molar-refractivity contribution < 1.29 is 9.32 Å². The number of hydrogen-bond donors (Lipinski definition) is 0. The highest BCUT2D eigenvalue weighted by atomic mass is 16.5. The fourth-order valence-corrected chi connectivity index (χ4v) is 1.62. The molecule has 0 radical (unpaired) electrons. The number of aliphatic imine (C=N–C) groups is 1. The molecule has 0 aliphatic heterocycles. The molecule has 0 aliphatic rings. The topological polar surface area (TPSA) is 55.5 Å². The van der Waals surface area contributed by atoms with Crippen LogP contribution in [-0.4, -0.2) is 11.2 Å². The van der Waals surface area contributed by atoms with E-state index in [0.717, 1.165) is 16.7 Å². The van der Waals surface area contributed by atoms with Gasteiger partial charge < -0.3 is 4.52 Å². The molecule has 0 N–H and O–H groups in total. The Bertz CT molecular complexity index is 546. The van der Waals surface area contributed by atoms with Gasteiger partial charge in [0.25, 0.3) is 0 Å². The molecule has 0 bridgehead atoms. The molecular weight excluding hydrogens is 204 g/mol. The highest BCUT2D eigenvalue weighted by Crippen LogP contribution is 2.25. The fraction of sp³-hybridized carbons (Fsp3) is 0.167. The number of nitrogens with zero attached hydrogens (tertiary/aromatic N) is 2. The first kappa shape index (κ1) is 10.3. The van der Waals surface area contributed by atoms with E-state index in [4.69, 9.17) is 4.52 Å². The van der Waals surface area contributed by atoms with Crippen LogP contribution in [-0.2, 0) is 4.79 Å². The van der Waals surface area contributed by atoms with Crippen LogP contribution in [0, 0.1) is 13.8 Å². The average molecular weight is 214 g/mol. The van der Waals surface area contributed by atoms with Crippen molar-refractivity contribution in [1.82, 2.24) is 5.16 Å². The van der Waals surface area contributed by atoms with Crippen molar-refractivity contribution in [3.8, 4) is 11.3 Å². The van der Waals surface area contributed by atoms with Crippen molar-refractivity contribution in [1.29, 1.82) is 0 Å². The number of rotatable bonds is 2. The number of aromatic nitrogens is 1. The quantitative estimate of drug-likeness (QED) is 0.570. The predicted octanol–water partition coefficient (Wildman–Crippen LogP) is 2.93. The summed E-state index contributed by atoms with van der Waals surface area (Å²) in [5.74, 6) is 0.838. The van der Waals surface area contributed by atoms with Crippen molar-refractivity contribution in [3.63, 3.8) is 0 Å². The third-order valence-electron chi connectivity index (χ3n) is 2.16. The largest absolute Gasteiger partial charge is 0.354 e. The van der Waals surface area contributed by atoms with Gasteiger partial charge in [0, 0.05) is 11.6 Å². The highest BCUT2D eigenvalue weighted by Gasteiger charge is 2.06. The molecule has 0 aliphatic carbocycles. The predicted molar refractivity (Wildman–Crippen MR) is 59.2 cm³/mol. The standard InChI is InChI=1S/C12H10N2O2/c1-8-3-9(2)5-10(4-8)11-6-12(13-7-15)14-16-11/h3-6H,1-2H3. The van der Waals surface area contributed by atoms with Gasteiger partial charge in [0.2, 0.25) is 11.9 Å². The lowest BCUT2D eigenvalue weighted by Crippen LogP contribution is -1.80. The maximum absolute atomic E-state index is 10.1. The molecule has 1 aromatic heterocycles. The molecule has 0 spiro atoms. The number of carbonyl (C=O) groups excluding carboxylic acids is 1. The zero-order chi connectivity index (χ0) is 11.5. The second kappa shape index (κ2) is 4.13. The molecule has 1 heterocycles. The lowest BCUT2D eigenvalue weighted by molar-refractivity contribution is 0.434. The summed E-state index contributed by atoms with van der Waals surface area (Å²) in [6.07, 6.45) is 1.42. The van der Waals surface area contributed by atoms with Gasteiger partial charge in [-0.2, -0.15) is 0 Å². The van der Waals surface area contributed by atoms with Gasteiger partial charge in [-0.1, -0.05) is 22.3 Å². The normalized spacial score (nSPS) is 9.88. The minimum Gasteiger partial charge on any atom is -0.354 e. The number of benzene rings is 1. The molecule has 0 saturated carbocycles. The molecule has 0 amide bonds. The van der Waals surface area contributed by atoms with E-state index >= 15 is 0 Å². The minimum atomic E-state index is 0.240. The Morgan fingerprint density at radius 3 is 2.50 bits per heavy atom. The molecule has 80 valence electrons. The van der Waals surface area contributed by atoms with Crippen LogP contribution >= 0.6 is 0 Å². The van der Waals surface area contributed by atoms with Crippen LogP contribution in [0.1, 0.15) is 11.1 Å². The van der Waals surface area contributed by atoms with Gasteiger partial charge in [-0.25, -0.2) is 4.79 Å². The Hall–Kier alpha value is -2.19. The molecule has 0 fully saturated rings. The van der Waals surface area contributed by atoms with E-state index in [0.29, 0.717) is 5.76 Å². The van der Waals surface area contributed by atoms with Crippen LogP contribution in [0.25, 0.3) is 11.3 Å². The van der Waals surface area contributed by atoms with E-state index in [1.54, 1.807) is 6.07 Å². The van der Waals surface area contributed by atoms with E-state index in [1.165, 1.54) is 6.08 Å². The zero-order valence-corrected chi connectivity index (χ0v) is 9.02. The molecular formula is C12H10N2O2. The van der Waals surface area contributed by atoms with E-state index < -0.39 is 0 Å². The van der Waals surface area contributed by atoms with E-state index in [-0.39, 0.29) is 5.82 Å². The van der Waals surface area contributed by atoms with Gasteiger partial charge in [-0.3, -0.25) is 0 Å². The molecule has 2 rings (SSSR count). The van der Waals surface area contributed by atoms with Crippen LogP contribution in [0.15, 0.2) is 33.8 Å². The first-order valence-corrected chi connectivity index (χ1v) is 4.82. The summed E-state index contributed by atoms with van der Waals surface area (Å²) in [4.78, 5) is 13.4. The molecule has 0 atom stereocenters. The summed E-state index contributed by atoms with van der Waals surface area (Å²) in [5, 5.41) is 3.64. The zero-order valence-electron chi connectivity index (χ0n) is 9.02. The molecule has 2 aromatic rings. The van der Waals surface area contributed by atoms with Gasteiger partial charge in [0.15, 0.2) is 5.76 Å². The lowest BCUT2D eigenvalue weighted by atomic mass is 10.1. The van der Waals surface area contributed by atoms with Gasteiger partial charge in [0.05, 0.1) is 0 Å². The number of isocyanates is 1.